The Hall–Kier alpha value is -0.580. The van der Waals surface area contributed by atoms with Crippen LogP contribution in [0.25, 0.3) is 0 Å². The molecule has 2 rings (SSSR count). The fourth-order valence-electron chi connectivity index (χ4n) is 2.24. The molecule has 1 saturated heterocycles. The van der Waals surface area contributed by atoms with Gasteiger partial charge in [0, 0.05) is 29.9 Å². The molecule has 1 fully saturated rings. The van der Waals surface area contributed by atoms with E-state index in [1.54, 1.807) is 0 Å². The first-order valence-corrected chi connectivity index (χ1v) is 6.86. The lowest BCUT2D eigenvalue weighted by molar-refractivity contribution is 0.141. The molecule has 0 radical (unpaired) electrons. The van der Waals surface area contributed by atoms with E-state index in [-0.39, 0.29) is 5.54 Å². The summed E-state index contributed by atoms with van der Waals surface area (Å²) in [5.74, 6) is 0. The van der Waals surface area contributed by atoms with E-state index < -0.39 is 0 Å². The van der Waals surface area contributed by atoms with Gasteiger partial charge in [0.05, 0.1) is 5.54 Å². The number of nitrogens with one attached hydrogen (secondary N) is 1. The van der Waals surface area contributed by atoms with Crippen molar-refractivity contribution in [3.63, 3.8) is 0 Å². The molecule has 0 saturated carbocycles. The molecule has 4 heteroatoms. The van der Waals surface area contributed by atoms with Crippen LogP contribution in [0.15, 0.2) is 28.7 Å². The van der Waals surface area contributed by atoms with Crippen LogP contribution in [0.5, 0.6) is 0 Å². The van der Waals surface area contributed by atoms with Gasteiger partial charge in [0.1, 0.15) is 0 Å². The summed E-state index contributed by atoms with van der Waals surface area (Å²) in [7, 11) is 0. The molecule has 1 heterocycles. The Morgan fingerprint density at radius 3 is 2.88 bits per heavy atom. The molecule has 94 valence electrons. The Bertz CT molecular complexity index is 362. The third kappa shape index (κ3) is 3.21. The van der Waals surface area contributed by atoms with Crippen LogP contribution in [-0.4, -0.2) is 25.3 Å². The number of anilines is 1. The van der Waals surface area contributed by atoms with Gasteiger partial charge in [0.25, 0.3) is 0 Å². The summed E-state index contributed by atoms with van der Waals surface area (Å²) in [5.41, 5.74) is 7.06. The van der Waals surface area contributed by atoms with Gasteiger partial charge >= 0.3 is 0 Å². The Morgan fingerprint density at radius 2 is 2.12 bits per heavy atom. The quantitative estimate of drug-likeness (QED) is 0.902. The molecule has 1 unspecified atom stereocenters. The van der Waals surface area contributed by atoms with E-state index >= 15 is 0 Å². The van der Waals surface area contributed by atoms with E-state index in [2.05, 4.69) is 27.3 Å². The SMILES string of the molecule is NCC1(Nc2ccccc2Br)CCCOCC1. The highest BCUT2D eigenvalue weighted by molar-refractivity contribution is 9.10. The maximum Gasteiger partial charge on any atom is 0.0518 e. The van der Waals surface area contributed by atoms with E-state index in [1.165, 1.54) is 0 Å². The van der Waals surface area contributed by atoms with Crippen molar-refractivity contribution in [1.29, 1.82) is 0 Å². The van der Waals surface area contributed by atoms with Gasteiger partial charge in [-0.3, -0.25) is 0 Å². The molecule has 3 nitrogen and oxygen atoms in total. The molecule has 17 heavy (non-hydrogen) atoms. The lowest BCUT2D eigenvalue weighted by Crippen LogP contribution is -2.45. The standard InChI is InChI=1S/C13H19BrN2O/c14-11-4-1-2-5-12(11)16-13(10-15)6-3-8-17-9-7-13/h1-2,4-5,16H,3,6-10,15H2. The summed E-state index contributed by atoms with van der Waals surface area (Å²) >= 11 is 3.56. The molecular formula is C13H19BrN2O. The first-order valence-electron chi connectivity index (χ1n) is 6.06. The van der Waals surface area contributed by atoms with Gasteiger partial charge in [-0.15, -0.1) is 0 Å². The number of hydrogen-bond acceptors (Lipinski definition) is 3. The fraction of sp³-hybridized carbons (Fsp3) is 0.538. The van der Waals surface area contributed by atoms with Crippen molar-refractivity contribution in [2.24, 2.45) is 5.73 Å². The average molecular weight is 299 g/mol. The highest BCUT2D eigenvalue weighted by Crippen LogP contribution is 2.29. The van der Waals surface area contributed by atoms with E-state index in [1.807, 2.05) is 18.2 Å². The molecule has 0 aliphatic carbocycles. The van der Waals surface area contributed by atoms with Crippen molar-refractivity contribution in [1.82, 2.24) is 0 Å². The van der Waals surface area contributed by atoms with Crippen molar-refractivity contribution >= 4 is 21.6 Å². The van der Waals surface area contributed by atoms with Crippen LogP contribution in [0.1, 0.15) is 19.3 Å². The number of rotatable bonds is 3. The second kappa shape index (κ2) is 5.85. The molecule has 3 N–H and O–H groups in total. The number of nitrogens with two attached hydrogens (primary N) is 1. The van der Waals surface area contributed by atoms with Crippen molar-refractivity contribution in [2.45, 2.75) is 24.8 Å². The smallest absolute Gasteiger partial charge is 0.0518 e. The lowest BCUT2D eigenvalue weighted by Gasteiger charge is -2.33. The maximum atomic E-state index is 5.97. The van der Waals surface area contributed by atoms with Crippen LogP contribution < -0.4 is 11.1 Å². The zero-order chi connectivity index (χ0) is 12.1. The summed E-state index contributed by atoms with van der Waals surface area (Å²) in [4.78, 5) is 0. The minimum absolute atomic E-state index is 0.0274. The number of hydrogen-bond donors (Lipinski definition) is 2. The van der Waals surface area contributed by atoms with Gasteiger partial charge in [-0.25, -0.2) is 0 Å². The number of benzene rings is 1. The van der Waals surface area contributed by atoms with Gasteiger partial charge in [-0.2, -0.15) is 0 Å². The van der Waals surface area contributed by atoms with Crippen molar-refractivity contribution in [2.75, 3.05) is 25.1 Å². The molecular weight excluding hydrogens is 280 g/mol. The highest BCUT2D eigenvalue weighted by Gasteiger charge is 2.29. The van der Waals surface area contributed by atoms with Gasteiger partial charge in [0.15, 0.2) is 0 Å². The minimum Gasteiger partial charge on any atom is -0.381 e. The Kier molecular flexibility index (Phi) is 4.42. The van der Waals surface area contributed by atoms with Gasteiger partial charge in [-0.05, 0) is 47.3 Å². The number of halogens is 1. The van der Waals surface area contributed by atoms with Crippen LogP contribution in [0.4, 0.5) is 5.69 Å². The molecule has 1 aliphatic rings. The first-order chi connectivity index (χ1) is 8.26. The lowest BCUT2D eigenvalue weighted by atomic mass is 9.90. The zero-order valence-corrected chi connectivity index (χ0v) is 11.5. The Balaban J connectivity index is 2.15. The molecule has 0 aromatic heterocycles. The minimum atomic E-state index is -0.0274. The van der Waals surface area contributed by atoms with E-state index in [0.29, 0.717) is 6.54 Å². The maximum absolute atomic E-state index is 5.97. The molecule has 0 amide bonds. The van der Waals surface area contributed by atoms with E-state index in [4.69, 9.17) is 10.5 Å². The van der Waals surface area contributed by atoms with Crippen molar-refractivity contribution < 1.29 is 4.74 Å². The molecule has 1 aromatic rings. The Morgan fingerprint density at radius 1 is 1.29 bits per heavy atom. The van der Waals surface area contributed by atoms with Crippen LogP contribution >= 0.6 is 15.9 Å². The number of para-hydroxylation sites is 1. The fourth-order valence-corrected chi connectivity index (χ4v) is 2.62. The van der Waals surface area contributed by atoms with Crippen LogP contribution in [0.3, 0.4) is 0 Å². The van der Waals surface area contributed by atoms with Crippen molar-refractivity contribution in [3.8, 4) is 0 Å². The molecule has 1 atom stereocenters. The number of ether oxygens (including phenoxy) is 1. The summed E-state index contributed by atoms with van der Waals surface area (Å²) in [6, 6.07) is 8.16. The van der Waals surface area contributed by atoms with Crippen LogP contribution in [0.2, 0.25) is 0 Å². The monoisotopic (exact) mass is 298 g/mol. The summed E-state index contributed by atoms with van der Waals surface area (Å²) < 4.78 is 6.59. The van der Waals surface area contributed by atoms with Crippen LogP contribution in [0, 0.1) is 0 Å². The topological polar surface area (TPSA) is 47.3 Å². The zero-order valence-electron chi connectivity index (χ0n) is 9.92. The normalized spacial score (nSPS) is 25.3. The van der Waals surface area contributed by atoms with Crippen molar-refractivity contribution in [3.05, 3.63) is 28.7 Å². The largest absolute Gasteiger partial charge is 0.381 e. The molecule has 1 aliphatic heterocycles. The molecule has 0 spiro atoms. The highest BCUT2D eigenvalue weighted by atomic mass is 79.9. The summed E-state index contributed by atoms with van der Waals surface area (Å²) in [5, 5.41) is 3.60. The predicted octanol–water partition coefficient (Wildman–Crippen LogP) is 2.76. The molecule has 0 bridgehead atoms. The Labute approximate surface area is 111 Å². The summed E-state index contributed by atoms with van der Waals surface area (Å²) in [6.07, 6.45) is 3.09. The third-order valence-corrected chi connectivity index (χ3v) is 4.02. The second-order valence-electron chi connectivity index (χ2n) is 4.56. The van der Waals surface area contributed by atoms with Gasteiger partial charge in [0.2, 0.25) is 0 Å². The molecule has 1 aromatic carbocycles. The second-order valence-corrected chi connectivity index (χ2v) is 5.41. The van der Waals surface area contributed by atoms with Gasteiger partial charge in [-0.1, -0.05) is 12.1 Å². The van der Waals surface area contributed by atoms with E-state index in [0.717, 1.165) is 42.6 Å². The van der Waals surface area contributed by atoms with Crippen LogP contribution in [-0.2, 0) is 4.74 Å². The average Bonchev–Trinajstić information content (AvgIpc) is 2.58. The summed E-state index contributed by atoms with van der Waals surface area (Å²) in [6.45, 7) is 2.27. The first kappa shape index (κ1) is 12.9. The van der Waals surface area contributed by atoms with Gasteiger partial charge < -0.3 is 15.8 Å². The predicted molar refractivity (Wildman–Crippen MR) is 74.2 cm³/mol. The third-order valence-electron chi connectivity index (χ3n) is 3.33. The van der Waals surface area contributed by atoms with E-state index in [9.17, 15) is 0 Å².